The van der Waals surface area contributed by atoms with Crippen LogP contribution >= 0.6 is 0 Å². The van der Waals surface area contributed by atoms with Crippen LogP contribution in [0.15, 0.2) is 24.3 Å². The number of ether oxygens (including phenoxy) is 3. The summed E-state index contributed by atoms with van der Waals surface area (Å²) in [6.07, 6.45) is 51.5. The van der Waals surface area contributed by atoms with Crippen LogP contribution in [0.3, 0.4) is 0 Å². The average molecular weight is 803 g/mol. The summed E-state index contributed by atoms with van der Waals surface area (Å²) in [6.45, 7) is 6.61. The van der Waals surface area contributed by atoms with Crippen molar-refractivity contribution in [3.05, 3.63) is 24.3 Å². The predicted molar refractivity (Wildman–Crippen MR) is 243 cm³/mol. The molecule has 6 nitrogen and oxygen atoms in total. The maximum Gasteiger partial charge on any atom is 0.306 e. The normalized spacial score (nSPS) is 12.1. The quantitative estimate of drug-likeness (QED) is 0.0264. The number of hydrogen-bond acceptors (Lipinski definition) is 6. The van der Waals surface area contributed by atoms with Crippen molar-refractivity contribution in [2.24, 2.45) is 0 Å². The molecule has 0 N–H and O–H groups in total. The highest BCUT2D eigenvalue weighted by atomic mass is 16.6. The number of hydrogen-bond donors (Lipinski definition) is 0. The van der Waals surface area contributed by atoms with Gasteiger partial charge in [-0.25, -0.2) is 0 Å². The number of carbonyl (C=O) groups is 3. The Morgan fingerprint density at radius 3 is 1.00 bits per heavy atom. The van der Waals surface area contributed by atoms with Gasteiger partial charge in [0.05, 0.1) is 0 Å². The van der Waals surface area contributed by atoms with Crippen molar-refractivity contribution >= 4 is 17.9 Å². The highest BCUT2D eigenvalue weighted by Crippen LogP contribution is 2.15. The Labute approximate surface area is 353 Å². The molecule has 0 bridgehead atoms. The van der Waals surface area contributed by atoms with Gasteiger partial charge in [0.1, 0.15) is 13.2 Å². The van der Waals surface area contributed by atoms with Crippen LogP contribution in [0.5, 0.6) is 0 Å². The summed E-state index contributed by atoms with van der Waals surface area (Å²) < 4.78 is 16.7. The Morgan fingerprint density at radius 2 is 0.632 bits per heavy atom. The van der Waals surface area contributed by atoms with Crippen molar-refractivity contribution in [3.63, 3.8) is 0 Å². The maximum atomic E-state index is 12.7. The average Bonchev–Trinajstić information content (AvgIpc) is 3.21. The minimum atomic E-state index is -0.766. The smallest absolute Gasteiger partial charge is 0.306 e. The van der Waals surface area contributed by atoms with Crippen molar-refractivity contribution < 1.29 is 28.6 Å². The predicted octanol–water partition coefficient (Wildman–Crippen LogP) is 16.0. The molecule has 0 aromatic heterocycles. The van der Waals surface area contributed by atoms with Crippen LogP contribution in [0.1, 0.15) is 265 Å². The number of rotatable bonds is 45. The lowest BCUT2D eigenvalue weighted by molar-refractivity contribution is -0.167. The van der Waals surface area contributed by atoms with Crippen molar-refractivity contribution in [2.45, 2.75) is 271 Å². The third-order valence-electron chi connectivity index (χ3n) is 11.0. The summed E-state index contributed by atoms with van der Waals surface area (Å²) in [7, 11) is 0. The van der Waals surface area contributed by atoms with Crippen molar-refractivity contribution in [3.8, 4) is 0 Å². The third-order valence-corrected chi connectivity index (χ3v) is 11.0. The lowest BCUT2D eigenvalue weighted by Gasteiger charge is -2.18. The van der Waals surface area contributed by atoms with Crippen molar-refractivity contribution in [1.29, 1.82) is 0 Å². The Bertz CT molecular complexity index is 927. The van der Waals surface area contributed by atoms with Gasteiger partial charge >= 0.3 is 17.9 Å². The fourth-order valence-corrected chi connectivity index (χ4v) is 7.18. The molecule has 0 radical (unpaired) electrons. The molecule has 0 unspecified atom stereocenters. The molecular formula is C51H94O6. The molecule has 0 aliphatic rings. The summed E-state index contributed by atoms with van der Waals surface area (Å²) in [5, 5.41) is 0. The lowest BCUT2D eigenvalue weighted by Crippen LogP contribution is -2.30. The fourth-order valence-electron chi connectivity index (χ4n) is 7.18. The fraction of sp³-hybridized carbons (Fsp3) is 0.863. The van der Waals surface area contributed by atoms with E-state index in [1.165, 1.54) is 154 Å². The first kappa shape index (κ1) is 54.9. The summed E-state index contributed by atoms with van der Waals surface area (Å²) in [5.74, 6) is -0.868. The second-order valence-electron chi connectivity index (χ2n) is 16.7. The number of carbonyl (C=O) groups excluding carboxylic acids is 3. The summed E-state index contributed by atoms with van der Waals surface area (Å²) >= 11 is 0. The van der Waals surface area contributed by atoms with Gasteiger partial charge in [0.15, 0.2) is 6.10 Å². The molecule has 0 aromatic carbocycles. The minimum absolute atomic E-state index is 0.0693. The molecule has 6 heteroatoms. The van der Waals surface area contributed by atoms with Crippen LogP contribution < -0.4 is 0 Å². The Kier molecular flexibility index (Phi) is 44.9. The van der Waals surface area contributed by atoms with Gasteiger partial charge in [-0.1, -0.05) is 218 Å². The molecule has 0 amide bonds. The molecule has 0 aliphatic carbocycles. The highest BCUT2D eigenvalue weighted by Gasteiger charge is 2.19. The van der Waals surface area contributed by atoms with Crippen molar-refractivity contribution in [2.75, 3.05) is 13.2 Å². The van der Waals surface area contributed by atoms with Gasteiger partial charge in [0.2, 0.25) is 0 Å². The van der Waals surface area contributed by atoms with Gasteiger partial charge in [-0.15, -0.1) is 0 Å². The molecule has 0 spiro atoms. The summed E-state index contributed by atoms with van der Waals surface area (Å²) in [5.41, 5.74) is 0. The maximum absolute atomic E-state index is 12.7. The van der Waals surface area contributed by atoms with Gasteiger partial charge in [-0.2, -0.15) is 0 Å². The van der Waals surface area contributed by atoms with Crippen LogP contribution in [0.4, 0.5) is 0 Å². The molecule has 0 saturated carbocycles. The van der Waals surface area contributed by atoms with E-state index in [4.69, 9.17) is 14.2 Å². The van der Waals surface area contributed by atoms with E-state index in [9.17, 15) is 14.4 Å². The molecule has 0 aliphatic heterocycles. The second-order valence-corrected chi connectivity index (χ2v) is 16.7. The zero-order valence-electron chi connectivity index (χ0n) is 38.1. The van der Waals surface area contributed by atoms with Gasteiger partial charge in [0.25, 0.3) is 0 Å². The van der Waals surface area contributed by atoms with Crippen LogP contribution in [0, 0.1) is 0 Å². The monoisotopic (exact) mass is 803 g/mol. The van der Waals surface area contributed by atoms with E-state index in [2.05, 4.69) is 45.1 Å². The van der Waals surface area contributed by atoms with Gasteiger partial charge in [-0.05, 0) is 51.4 Å². The SMILES string of the molecule is CCCCC/C=C\C/C=C\CCCCCCCCCC(=O)OC[C@H](COC(=O)CCCCCCCCCCCCC)OC(=O)CCCCCCCCCCCCC. The van der Waals surface area contributed by atoms with Crippen molar-refractivity contribution in [1.82, 2.24) is 0 Å². The van der Waals surface area contributed by atoms with E-state index < -0.39 is 6.10 Å². The van der Waals surface area contributed by atoms with Crippen LogP contribution in [-0.4, -0.2) is 37.2 Å². The first-order chi connectivity index (χ1) is 28.0. The summed E-state index contributed by atoms with van der Waals surface area (Å²) in [6, 6.07) is 0. The first-order valence-corrected chi connectivity index (χ1v) is 24.8. The van der Waals surface area contributed by atoms with E-state index in [1.54, 1.807) is 0 Å². The van der Waals surface area contributed by atoms with Crippen LogP contribution in [-0.2, 0) is 28.6 Å². The molecular weight excluding hydrogens is 709 g/mol. The molecule has 0 saturated heterocycles. The lowest BCUT2D eigenvalue weighted by atomic mass is 10.1. The van der Waals surface area contributed by atoms with E-state index in [-0.39, 0.29) is 31.1 Å². The second kappa shape index (κ2) is 46.6. The Hall–Kier alpha value is -2.11. The Morgan fingerprint density at radius 1 is 0.351 bits per heavy atom. The molecule has 0 aromatic rings. The molecule has 0 rings (SSSR count). The largest absolute Gasteiger partial charge is 0.462 e. The zero-order chi connectivity index (χ0) is 41.5. The van der Waals surface area contributed by atoms with E-state index in [1.807, 2.05) is 0 Å². The highest BCUT2D eigenvalue weighted by molar-refractivity contribution is 5.71. The molecule has 0 fully saturated rings. The van der Waals surface area contributed by atoms with Crippen LogP contribution in [0.2, 0.25) is 0 Å². The first-order valence-electron chi connectivity index (χ1n) is 24.8. The van der Waals surface area contributed by atoms with Crippen LogP contribution in [0.25, 0.3) is 0 Å². The molecule has 1 atom stereocenters. The molecule has 57 heavy (non-hydrogen) atoms. The van der Waals surface area contributed by atoms with Gasteiger partial charge < -0.3 is 14.2 Å². The van der Waals surface area contributed by atoms with E-state index in [0.29, 0.717) is 19.3 Å². The minimum Gasteiger partial charge on any atom is -0.462 e. The van der Waals surface area contributed by atoms with Gasteiger partial charge in [0, 0.05) is 19.3 Å². The molecule has 0 heterocycles. The number of unbranched alkanes of at least 4 members (excludes halogenated alkanes) is 30. The zero-order valence-corrected chi connectivity index (χ0v) is 38.1. The molecule has 334 valence electrons. The Balaban J connectivity index is 4.31. The van der Waals surface area contributed by atoms with E-state index >= 15 is 0 Å². The van der Waals surface area contributed by atoms with E-state index in [0.717, 1.165) is 70.6 Å². The third kappa shape index (κ3) is 44.8. The summed E-state index contributed by atoms with van der Waals surface area (Å²) in [4.78, 5) is 37.8. The number of esters is 3. The topological polar surface area (TPSA) is 78.9 Å². The standard InChI is InChI=1S/C51H94O6/c1-4-7-10-13-16-19-22-23-24-25-26-27-30-32-35-38-41-44-50(53)56-47-48(57-51(54)45-42-39-36-33-29-21-18-15-12-9-6-3)46-55-49(52)43-40-37-34-31-28-20-17-14-11-8-5-2/h16,19,23-24,48H,4-15,17-18,20-22,25-47H2,1-3H3/b19-16-,24-23-/t48-/m0/s1. The van der Waals surface area contributed by atoms with Gasteiger partial charge in [-0.3, -0.25) is 14.4 Å². The number of allylic oxidation sites excluding steroid dienone is 4.